The monoisotopic (exact) mass is 268 g/mol. The topological polar surface area (TPSA) is 9.23 Å². The van der Waals surface area contributed by atoms with Crippen LogP contribution in [-0.4, -0.2) is 14.4 Å². The Morgan fingerprint density at radius 3 is 1.89 bits per heavy atom. The lowest BCUT2D eigenvalue weighted by atomic mass is 9.94. The Bertz CT molecular complexity index is 259. The van der Waals surface area contributed by atoms with Gasteiger partial charge in [0, 0.05) is 0 Å². The second-order valence-electron chi connectivity index (χ2n) is 6.83. The summed E-state index contributed by atoms with van der Waals surface area (Å²) in [7, 11) is -1.72. The summed E-state index contributed by atoms with van der Waals surface area (Å²) in [5, 5.41) is 0. The predicted octanol–water partition coefficient (Wildman–Crippen LogP) is 5.68. The average Bonchev–Trinajstić information content (AvgIpc) is 2.26. The standard InChI is InChI=1S/C16H32OSi/c1-12(2)18(13(3)4,14(5)6)17-16-11-9-8-10-15(16)7/h12-14,16H,7-11H2,1-6H3. The zero-order valence-corrected chi connectivity index (χ0v) is 14.3. The van der Waals surface area contributed by atoms with E-state index in [1.54, 1.807) is 0 Å². The van der Waals surface area contributed by atoms with E-state index < -0.39 is 8.32 Å². The van der Waals surface area contributed by atoms with Gasteiger partial charge < -0.3 is 4.43 Å². The molecule has 1 nitrogen and oxygen atoms in total. The second-order valence-corrected chi connectivity index (χ2v) is 12.2. The molecule has 2 heteroatoms. The minimum Gasteiger partial charge on any atom is -0.409 e. The molecule has 1 atom stereocenters. The van der Waals surface area contributed by atoms with Crippen molar-refractivity contribution in [3.8, 4) is 0 Å². The van der Waals surface area contributed by atoms with Crippen LogP contribution in [0.2, 0.25) is 16.6 Å². The Hall–Kier alpha value is -0.0831. The van der Waals surface area contributed by atoms with Gasteiger partial charge in [-0.15, -0.1) is 0 Å². The summed E-state index contributed by atoms with van der Waals surface area (Å²) >= 11 is 0. The highest BCUT2D eigenvalue weighted by molar-refractivity contribution is 6.77. The first-order valence-corrected chi connectivity index (χ1v) is 9.81. The van der Waals surface area contributed by atoms with E-state index in [0.717, 1.165) is 0 Å². The number of rotatable bonds is 5. The molecule has 0 saturated heterocycles. The third-order valence-electron chi connectivity index (χ3n) is 4.72. The van der Waals surface area contributed by atoms with Crippen molar-refractivity contribution in [1.29, 1.82) is 0 Å². The number of hydrogen-bond donors (Lipinski definition) is 0. The molecule has 0 aliphatic heterocycles. The minimum atomic E-state index is -1.72. The maximum atomic E-state index is 6.81. The first-order chi connectivity index (χ1) is 8.32. The van der Waals surface area contributed by atoms with Gasteiger partial charge in [-0.05, 0) is 35.9 Å². The van der Waals surface area contributed by atoms with Gasteiger partial charge >= 0.3 is 0 Å². The summed E-state index contributed by atoms with van der Waals surface area (Å²) in [4.78, 5) is 0. The summed E-state index contributed by atoms with van der Waals surface area (Å²) in [6.07, 6.45) is 5.32. The highest BCUT2D eigenvalue weighted by Crippen LogP contribution is 2.44. The molecule has 0 aromatic heterocycles. The molecule has 1 aliphatic carbocycles. The Kier molecular flexibility index (Phi) is 5.66. The zero-order valence-electron chi connectivity index (χ0n) is 13.3. The molecule has 18 heavy (non-hydrogen) atoms. The molecule has 1 saturated carbocycles. The van der Waals surface area contributed by atoms with Gasteiger partial charge in [0.25, 0.3) is 0 Å². The normalized spacial score (nSPS) is 22.3. The largest absolute Gasteiger partial charge is 0.409 e. The molecular weight excluding hydrogens is 236 g/mol. The van der Waals surface area contributed by atoms with Crippen LogP contribution in [0.5, 0.6) is 0 Å². The van der Waals surface area contributed by atoms with Gasteiger partial charge in [-0.3, -0.25) is 0 Å². The third kappa shape index (κ3) is 3.08. The van der Waals surface area contributed by atoms with Gasteiger partial charge in [0.2, 0.25) is 8.32 Å². The van der Waals surface area contributed by atoms with Crippen LogP contribution < -0.4 is 0 Å². The van der Waals surface area contributed by atoms with Crippen LogP contribution in [0.1, 0.15) is 67.2 Å². The Morgan fingerprint density at radius 1 is 1.00 bits per heavy atom. The molecule has 1 aliphatic rings. The predicted molar refractivity (Wildman–Crippen MR) is 83.5 cm³/mol. The van der Waals surface area contributed by atoms with E-state index in [4.69, 9.17) is 4.43 Å². The fourth-order valence-corrected chi connectivity index (χ4v) is 9.44. The fourth-order valence-electron chi connectivity index (χ4n) is 3.84. The van der Waals surface area contributed by atoms with Crippen LogP contribution in [0.3, 0.4) is 0 Å². The van der Waals surface area contributed by atoms with E-state index in [1.807, 2.05) is 0 Å². The van der Waals surface area contributed by atoms with E-state index in [2.05, 4.69) is 48.1 Å². The maximum absolute atomic E-state index is 6.81. The van der Waals surface area contributed by atoms with E-state index in [9.17, 15) is 0 Å². The summed E-state index contributed by atoms with van der Waals surface area (Å²) in [5.41, 5.74) is 3.37. The zero-order chi connectivity index (χ0) is 13.9. The summed E-state index contributed by atoms with van der Waals surface area (Å²) in [6, 6.07) is 0. The first kappa shape index (κ1) is 16.0. The Labute approximate surface area is 115 Å². The third-order valence-corrected chi connectivity index (χ3v) is 10.8. The van der Waals surface area contributed by atoms with Crippen LogP contribution in [-0.2, 0) is 4.43 Å². The molecule has 1 unspecified atom stereocenters. The van der Waals surface area contributed by atoms with Crippen molar-refractivity contribution >= 4 is 8.32 Å². The Morgan fingerprint density at radius 2 is 1.50 bits per heavy atom. The molecule has 1 rings (SSSR count). The van der Waals surface area contributed by atoms with Crippen molar-refractivity contribution in [2.45, 2.75) is 90.0 Å². The molecular formula is C16H32OSi. The smallest absolute Gasteiger partial charge is 0.201 e. The van der Waals surface area contributed by atoms with Gasteiger partial charge in [0.15, 0.2) is 0 Å². The molecule has 0 aromatic rings. The van der Waals surface area contributed by atoms with Gasteiger partial charge in [0.05, 0.1) is 6.10 Å². The van der Waals surface area contributed by atoms with Crippen LogP contribution >= 0.6 is 0 Å². The van der Waals surface area contributed by atoms with Crippen molar-refractivity contribution in [2.75, 3.05) is 0 Å². The van der Waals surface area contributed by atoms with Crippen molar-refractivity contribution in [2.24, 2.45) is 0 Å². The highest BCUT2D eigenvalue weighted by Gasteiger charge is 2.46. The molecule has 106 valence electrons. The van der Waals surface area contributed by atoms with E-state index in [0.29, 0.717) is 22.7 Å². The fraction of sp³-hybridized carbons (Fsp3) is 0.875. The van der Waals surface area contributed by atoms with E-state index in [1.165, 1.54) is 31.3 Å². The first-order valence-electron chi connectivity index (χ1n) is 7.67. The number of hydrogen-bond acceptors (Lipinski definition) is 1. The molecule has 0 aromatic carbocycles. The highest BCUT2D eigenvalue weighted by atomic mass is 28.4. The van der Waals surface area contributed by atoms with Gasteiger partial charge in [-0.2, -0.15) is 0 Å². The quantitative estimate of drug-likeness (QED) is 0.460. The molecule has 0 amide bonds. The van der Waals surface area contributed by atoms with Crippen LogP contribution in [0.25, 0.3) is 0 Å². The molecule has 0 bridgehead atoms. The van der Waals surface area contributed by atoms with Crippen LogP contribution in [0.15, 0.2) is 12.2 Å². The van der Waals surface area contributed by atoms with Crippen molar-refractivity contribution in [3.05, 3.63) is 12.2 Å². The van der Waals surface area contributed by atoms with Gasteiger partial charge in [-0.1, -0.05) is 60.1 Å². The van der Waals surface area contributed by atoms with Crippen molar-refractivity contribution in [3.63, 3.8) is 0 Å². The van der Waals surface area contributed by atoms with Gasteiger partial charge in [0.1, 0.15) is 0 Å². The summed E-state index contributed by atoms with van der Waals surface area (Å²) < 4.78 is 6.81. The lowest BCUT2D eigenvalue weighted by Crippen LogP contribution is -2.50. The van der Waals surface area contributed by atoms with Crippen LogP contribution in [0.4, 0.5) is 0 Å². The molecule has 1 fully saturated rings. The lowest BCUT2D eigenvalue weighted by molar-refractivity contribution is 0.177. The summed E-state index contributed by atoms with van der Waals surface area (Å²) in [5.74, 6) is 0. The average molecular weight is 269 g/mol. The molecule has 0 heterocycles. The van der Waals surface area contributed by atoms with Gasteiger partial charge in [-0.25, -0.2) is 0 Å². The van der Waals surface area contributed by atoms with E-state index in [-0.39, 0.29) is 0 Å². The SMILES string of the molecule is C=C1CCCCC1O[Si](C(C)C)(C(C)C)C(C)C. The molecule has 0 spiro atoms. The maximum Gasteiger partial charge on any atom is 0.201 e. The Balaban J connectivity index is 2.93. The van der Waals surface area contributed by atoms with Crippen LogP contribution in [0, 0.1) is 0 Å². The second kappa shape index (κ2) is 6.38. The molecule has 0 N–H and O–H groups in total. The van der Waals surface area contributed by atoms with Crippen molar-refractivity contribution < 1.29 is 4.43 Å². The summed E-state index contributed by atoms with van der Waals surface area (Å²) in [6.45, 7) is 18.4. The van der Waals surface area contributed by atoms with E-state index >= 15 is 0 Å². The minimum absolute atomic E-state index is 0.345. The molecule has 0 radical (unpaired) electrons. The van der Waals surface area contributed by atoms with Crippen molar-refractivity contribution in [1.82, 2.24) is 0 Å². The lowest BCUT2D eigenvalue weighted by Gasteiger charge is -2.45.